The number of ether oxygens (including phenoxy) is 1. The van der Waals surface area contributed by atoms with Gasteiger partial charge in [-0.3, -0.25) is 4.79 Å². The van der Waals surface area contributed by atoms with Gasteiger partial charge in [-0.15, -0.1) is 0 Å². The molecule has 1 atom stereocenters. The third-order valence-electron chi connectivity index (χ3n) is 4.49. The first-order valence-electron chi connectivity index (χ1n) is 8.20. The summed E-state index contributed by atoms with van der Waals surface area (Å²) >= 11 is 0. The van der Waals surface area contributed by atoms with E-state index in [2.05, 4.69) is 5.32 Å². The van der Waals surface area contributed by atoms with Gasteiger partial charge in [0, 0.05) is 29.0 Å². The molecule has 0 amide bonds. The number of halogens is 1. The molecule has 1 aliphatic heterocycles. The second kappa shape index (κ2) is 6.59. The highest BCUT2D eigenvalue weighted by molar-refractivity contribution is 6.03. The van der Waals surface area contributed by atoms with Crippen molar-refractivity contribution in [2.24, 2.45) is 0 Å². The number of dihydropyridines is 1. The van der Waals surface area contributed by atoms with Crippen molar-refractivity contribution in [1.29, 1.82) is 0 Å². The van der Waals surface area contributed by atoms with Gasteiger partial charge in [-0.1, -0.05) is 18.2 Å². The largest absolute Gasteiger partial charge is 0.463 e. The molecule has 1 aliphatic carbocycles. The molecule has 0 saturated heterocycles. The molecule has 1 heterocycles. The van der Waals surface area contributed by atoms with Crippen molar-refractivity contribution >= 4 is 11.8 Å². The van der Waals surface area contributed by atoms with Crippen LogP contribution in [0.2, 0.25) is 0 Å². The smallest absolute Gasteiger partial charge is 0.336 e. The predicted octanol–water partition coefficient (Wildman–Crippen LogP) is 3.36. The molecule has 0 radical (unpaired) electrons. The highest BCUT2D eigenvalue weighted by Crippen LogP contribution is 2.43. The minimum absolute atomic E-state index is 0.0358. The van der Waals surface area contributed by atoms with E-state index in [1.807, 2.05) is 0 Å². The van der Waals surface area contributed by atoms with Gasteiger partial charge in [0.05, 0.1) is 18.1 Å². The van der Waals surface area contributed by atoms with E-state index in [0.29, 0.717) is 28.8 Å². The van der Waals surface area contributed by atoms with Gasteiger partial charge in [0.25, 0.3) is 0 Å². The lowest BCUT2D eigenvalue weighted by Crippen LogP contribution is -2.34. The molecule has 0 saturated carbocycles. The molecule has 2 aliphatic rings. The number of rotatable bonds is 3. The van der Waals surface area contributed by atoms with E-state index in [0.717, 1.165) is 18.5 Å². The molecular weight excluding hydrogens is 309 g/mol. The van der Waals surface area contributed by atoms with Crippen LogP contribution in [0.3, 0.4) is 0 Å². The Balaban J connectivity index is 2.19. The van der Waals surface area contributed by atoms with Gasteiger partial charge in [0.1, 0.15) is 5.82 Å². The normalized spacial score (nSPS) is 20.6. The molecule has 0 spiro atoms. The lowest BCUT2D eigenvalue weighted by Gasteiger charge is -2.34. The van der Waals surface area contributed by atoms with E-state index in [4.69, 9.17) is 4.74 Å². The summed E-state index contributed by atoms with van der Waals surface area (Å²) in [7, 11) is 0. The maximum atomic E-state index is 14.5. The van der Waals surface area contributed by atoms with Crippen molar-refractivity contribution in [1.82, 2.24) is 5.32 Å². The first-order valence-corrected chi connectivity index (χ1v) is 8.20. The number of ketones is 1. The summed E-state index contributed by atoms with van der Waals surface area (Å²) in [4.78, 5) is 25.1. The van der Waals surface area contributed by atoms with Crippen molar-refractivity contribution in [2.45, 2.75) is 39.0 Å². The Bertz CT molecular complexity index is 764. The molecule has 1 aromatic rings. The quantitative estimate of drug-likeness (QED) is 0.864. The van der Waals surface area contributed by atoms with E-state index in [1.165, 1.54) is 6.07 Å². The highest BCUT2D eigenvalue weighted by Gasteiger charge is 2.39. The Morgan fingerprint density at radius 2 is 2.08 bits per heavy atom. The second-order valence-corrected chi connectivity index (χ2v) is 6.01. The molecule has 1 aromatic carbocycles. The van der Waals surface area contributed by atoms with Gasteiger partial charge in [-0.05, 0) is 32.8 Å². The average Bonchev–Trinajstić information content (AvgIpc) is 2.54. The van der Waals surface area contributed by atoms with Crippen LogP contribution in [0.15, 0.2) is 46.8 Å². The predicted molar refractivity (Wildman–Crippen MR) is 87.5 cm³/mol. The number of carbonyl (C=O) groups excluding carboxylic acids is 2. The van der Waals surface area contributed by atoms with E-state index in [-0.39, 0.29) is 12.4 Å². The molecule has 1 N–H and O–H groups in total. The number of benzene rings is 1. The zero-order chi connectivity index (χ0) is 17.3. The molecule has 0 aromatic heterocycles. The molecule has 4 nitrogen and oxygen atoms in total. The first kappa shape index (κ1) is 16.4. The van der Waals surface area contributed by atoms with E-state index in [1.54, 1.807) is 32.0 Å². The number of esters is 1. The van der Waals surface area contributed by atoms with Crippen LogP contribution in [0.4, 0.5) is 4.39 Å². The minimum Gasteiger partial charge on any atom is -0.463 e. The molecule has 0 bridgehead atoms. The van der Waals surface area contributed by atoms with Crippen molar-refractivity contribution in [2.75, 3.05) is 6.61 Å². The van der Waals surface area contributed by atoms with E-state index >= 15 is 0 Å². The summed E-state index contributed by atoms with van der Waals surface area (Å²) in [5.41, 5.74) is 2.57. The number of allylic oxidation sites excluding steroid dienone is 3. The van der Waals surface area contributed by atoms with Crippen LogP contribution < -0.4 is 5.32 Å². The van der Waals surface area contributed by atoms with Crippen LogP contribution in [-0.2, 0) is 14.3 Å². The molecule has 24 heavy (non-hydrogen) atoms. The summed E-state index contributed by atoms with van der Waals surface area (Å²) in [6, 6.07) is 6.29. The average molecular weight is 329 g/mol. The van der Waals surface area contributed by atoms with E-state index < -0.39 is 17.7 Å². The van der Waals surface area contributed by atoms with Gasteiger partial charge in [0.2, 0.25) is 0 Å². The van der Waals surface area contributed by atoms with Crippen molar-refractivity contribution in [3.05, 3.63) is 58.2 Å². The standard InChI is InChI=1S/C19H20FNO3/c1-3-24-19(23)16-11(2)21-14-9-6-10-15(22)18(14)17(16)12-7-4-5-8-13(12)20/h4-5,7-8,17,21H,3,6,9-10H2,1-2H3. The van der Waals surface area contributed by atoms with Gasteiger partial charge in [0.15, 0.2) is 5.78 Å². The minimum atomic E-state index is -0.714. The summed E-state index contributed by atoms with van der Waals surface area (Å²) in [6.07, 6.45) is 1.90. The van der Waals surface area contributed by atoms with Crippen molar-refractivity contribution in [3.63, 3.8) is 0 Å². The Morgan fingerprint density at radius 3 is 2.79 bits per heavy atom. The van der Waals surface area contributed by atoms with E-state index in [9.17, 15) is 14.0 Å². The van der Waals surface area contributed by atoms with Crippen LogP contribution in [0.1, 0.15) is 44.6 Å². The molecule has 0 fully saturated rings. The summed E-state index contributed by atoms with van der Waals surface area (Å²) in [5.74, 6) is -1.69. The topological polar surface area (TPSA) is 55.4 Å². The Morgan fingerprint density at radius 1 is 1.33 bits per heavy atom. The number of carbonyl (C=O) groups is 2. The van der Waals surface area contributed by atoms with Crippen LogP contribution >= 0.6 is 0 Å². The third kappa shape index (κ3) is 2.75. The number of nitrogens with one attached hydrogen (secondary N) is 1. The third-order valence-corrected chi connectivity index (χ3v) is 4.49. The molecule has 5 heteroatoms. The zero-order valence-corrected chi connectivity index (χ0v) is 13.8. The SMILES string of the molecule is CCOC(=O)C1=C(C)NC2=C(C(=O)CCC2)C1c1ccccc1F. The Hall–Kier alpha value is -2.43. The number of Topliss-reactive ketones (excluding diaryl/α,β-unsaturated/α-hetero) is 1. The zero-order valence-electron chi connectivity index (χ0n) is 13.8. The lowest BCUT2D eigenvalue weighted by molar-refractivity contribution is -0.138. The van der Waals surface area contributed by atoms with Gasteiger partial charge in [-0.2, -0.15) is 0 Å². The van der Waals surface area contributed by atoms with Gasteiger partial charge >= 0.3 is 5.97 Å². The second-order valence-electron chi connectivity index (χ2n) is 6.01. The number of hydrogen-bond donors (Lipinski definition) is 1. The van der Waals surface area contributed by atoms with Crippen LogP contribution in [0.5, 0.6) is 0 Å². The summed E-state index contributed by atoms with van der Waals surface area (Å²) in [6.45, 7) is 3.71. The monoisotopic (exact) mass is 329 g/mol. The summed E-state index contributed by atoms with van der Waals surface area (Å²) in [5, 5.41) is 3.17. The molecular formula is C19H20FNO3. The van der Waals surface area contributed by atoms with Crippen molar-refractivity contribution < 1.29 is 18.7 Å². The van der Waals surface area contributed by atoms with Crippen LogP contribution in [-0.4, -0.2) is 18.4 Å². The number of hydrogen-bond acceptors (Lipinski definition) is 4. The maximum absolute atomic E-state index is 14.5. The Labute approximate surface area is 140 Å². The molecule has 126 valence electrons. The van der Waals surface area contributed by atoms with Crippen LogP contribution in [0, 0.1) is 5.82 Å². The maximum Gasteiger partial charge on any atom is 0.336 e. The lowest BCUT2D eigenvalue weighted by atomic mass is 9.75. The fourth-order valence-corrected chi connectivity index (χ4v) is 3.48. The highest BCUT2D eigenvalue weighted by atomic mass is 19.1. The fraction of sp³-hybridized carbons (Fsp3) is 0.368. The molecule has 3 rings (SSSR count). The van der Waals surface area contributed by atoms with Gasteiger partial charge in [-0.25, -0.2) is 9.18 Å². The van der Waals surface area contributed by atoms with Gasteiger partial charge < -0.3 is 10.1 Å². The summed E-state index contributed by atoms with van der Waals surface area (Å²) < 4.78 is 19.6. The molecule has 1 unspecified atom stereocenters. The Kier molecular flexibility index (Phi) is 4.51. The first-order chi connectivity index (χ1) is 11.5. The van der Waals surface area contributed by atoms with Crippen molar-refractivity contribution in [3.8, 4) is 0 Å². The van der Waals surface area contributed by atoms with Crippen LogP contribution in [0.25, 0.3) is 0 Å². The fourth-order valence-electron chi connectivity index (χ4n) is 3.48.